The summed E-state index contributed by atoms with van der Waals surface area (Å²) in [5.74, 6) is 0.848. The molecular weight excluding hydrogens is 675 g/mol. The first-order valence-electron chi connectivity index (χ1n) is 11.9. The van der Waals surface area contributed by atoms with Crippen molar-refractivity contribution in [1.82, 2.24) is 9.55 Å². The number of hydrogen-bond acceptors (Lipinski definition) is 4. The van der Waals surface area contributed by atoms with Crippen LogP contribution in [0.4, 0.5) is 10.2 Å². The van der Waals surface area contributed by atoms with Gasteiger partial charge in [-0.1, -0.05) is 74.1 Å². The zero-order chi connectivity index (χ0) is 27.4. The monoisotopic (exact) mass is 707 g/mol. The minimum absolute atomic E-state index is 0. The third-order valence-electron chi connectivity index (χ3n) is 5.57. The number of nitrogens with one attached hydrogen (secondary N) is 1. The van der Waals surface area contributed by atoms with Gasteiger partial charge in [0.05, 0.1) is 10.8 Å². The van der Waals surface area contributed by atoms with Gasteiger partial charge in [0.15, 0.2) is 0 Å². The van der Waals surface area contributed by atoms with Gasteiger partial charge < -0.3 is 21.1 Å². The Hall–Kier alpha value is -2.83. The molecule has 0 fully saturated rings. The smallest absolute Gasteiger partial charge is 0.150 e. The van der Waals surface area contributed by atoms with Gasteiger partial charge in [-0.05, 0) is 59.1 Å². The second-order valence-corrected chi connectivity index (χ2v) is 8.75. The Balaban J connectivity index is 0.000000326. The van der Waals surface area contributed by atoms with E-state index in [-0.39, 0.29) is 31.9 Å². The van der Waals surface area contributed by atoms with Crippen molar-refractivity contribution in [2.75, 3.05) is 6.61 Å². The van der Waals surface area contributed by atoms with Gasteiger partial charge in [0, 0.05) is 52.4 Å². The molecule has 0 unspecified atom stereocenters. The summed E-state index contributed by atoms with van der Waals surface area (Å²) >= 11 is 5.71. The topological polar surface area (TPSA) is 105 Å². The molecule has 1 aromatic heterocycles. The minimum atomic E-state index is -0.381. The maximum atomic E-state index is 13.6. The maximum absolute atomic E-state index is 13.6. The number of hydrogen-bond donors (Lipinski definition) is 2. The Kier molecular flexibility index (Phi) is 14.8. The summed E-state index contributed by atoms with van der Waals surface area (Å²) in [5.41, 5.74) is 18.7. The van der Waals surface area contributed by atoms with Crippen molar-refractivity contribution in [3.8, 4) is 11.4 Å². The number of carbonyl (C=O) groups is 1. The molecule has 38 heavy (non-hydrogen) atoms. The molecule has 202 valence electrons. The van der Waals surface area contributed by atoms with Gasteiger partial charge in [0.1, 0.15) is 12.1 Å². The first-order valence-corrected chi connectivity index (χ1v) is 12.2. The van der Waals surface area contributed by atoms with E-state index in [9.17, 15) is 9.18 Å². The number of aromatic nitrogens is 2. The molecule has 9 heteroatoms. The molecule has 4 aromatic rings. The van der Waals surface area contributed by atoms with Crippen LogP contribution in [0, 0.1) is 12.7 Å². The van der Waals surface area contributed by atoms with Crippen LogP contribution in [0.1, 0.15) is 46.0 Å². The number of aldehydes is 1. The van der Waals surface area contributed by atoms with Gasteiger partial charge in [-0.15, -0.1) is 0 Å². The number of aliphatic hydroxyl groups excluding tert-OH is 1. The summed E-state index contributed by atoms with van der Waals surface area (Å²) in [6, 6.07) is 18.1. The summed E-state index contributed by atoms with van der Waals surface area (Å²) < 4.78 is 15.4. The fourth-order valence-corrected chi connectivity index (χ4v) is 3.55. The Bertz CT molecular complexity index is 1290. The van der Waals surface area contributed by atoms with E-state index in [2.05, 4.69) is 11.1 Å². The molecule has 0 bridgehead atoms. The molecule has 6 nitrogen and oxygen atoms in total. The predicted molar refractivity (Wildman–Crippen MR) is 149 cm³/mol. The molecule has 0 radical (unpaired) electrons. The summed E-state index contributed by atoms with van der Waals surface area (Å²) in [6.45, 7) is 4.84. The van der Waals surface area contributed by atoms with Crippen molar-refractivity contribution < 1.29 is 35.4 Å². The van der Waals surface area contributed by atoms with Crippen LogP contribution in [0.3, 0.4) is 0 Å². The van der Waals surface area contributed by atoms with Crippen molar-refractivity contribution in [2.45, 2.75) is 33.2 Å². The molecular formula is C29H33ClFN4O2W-. The Labute approximate surface area is 243 Å². The average molecular weight is 708 g/mol. The van der Waals surface area contributed by atoms with Gasteiger partial charge in [-0.25, -0.2) is 4.39 Å². The van der Waals surface area contributed by atoms with Crippen LogP contribution in [0.25, 0.3) is 17.1 Å². The number of rotatable bonds is 6. The Morgan fingerprint density at radius 1 is 1.13 bits per heavy atom. The first kappa shape index (κ1) is 33.2. The maximum Gasteiger partial charge on any atom is 0.150 e. The molecule has 0 atom stereocenters. The van der Waals surface area contributed by atoms with E-state index in [1.807, 2.05) is 45.2 Å². The molecule has 0 saturated carbocycles. The fraction of sp³-hybridized carbons (Fsp3) is 0.241. The second kappa shape index (κ2) is 16.9. The van der Waals surface area contributed by atoms with E-state index >= 15 is 0 Å². The molecule has 4 rings (SSSR count). The molecule has 0 saturated heterocycles. The zero-order valence-electron chi connectivity index (χ0n) is 21.7. The number of carbonyl (C=O) groups excluding carboxylic acids is 1. The molecule has 4 N–H and O–H groups in total. The number of benzene rings is 3. The molecule has 0 aliphatic rings. The minimum Gasteiger partial charge on any atom is -0.481 e. The van der Waals surface area contributed by atoms with Crippen molar-refractivity contribution in [2.24, 2.45) is 12.8 Å². The Morgan fingerprint density at radius 3 is 2.29 bits per heavy atom. The van der Waals surface area contributed by atoms with Crippen molar-refractivity contribution >= 4 is 23.7 Å². The number of imidazole rings is 1. The van der Waals surface area contributed by atoms with Crippen LogP contribution in [-0.4, -0.2) is 27.6 Å². The quantitative estimate of drug-likeness (QED) is 0.215. The van der Waals surface area contributed by atoms with Gasteiger partial charge in [-0.2, -0.15) is 0 Å². The summed E-state index contributed by atoms with van der Waals surface area (Å²) in [6.07, 6.45) is 3.68. The first-order chi connectivity index (χ1) is 17.7. The van der Waals surface area contributed by atoms with E-state index in [4.69, 9.17) is 28.2 Å². The number of nitrogens with two attached hydrogens (primary N) is 1. The van der Waals surface area contributed by atoms with Crippen molar-refractivity contribution in [1.29, 1.82) is 0 Å². The van der Waals surface area contributed by atoms with E-state index in [1.165, 1.54) is 6.07 Å². The number of halogens is 2. The van der Waals surface area contributed by atoms with E-state index in [0.717, 1.165) is 40.8 Å². The third kappa shape index (κ3) is 9.48. The van der Waals surface area contributed by atoms with Crippen LogP contribution >= 0.6 is 11.6 Å². The van der Waals surface area contributed by atoms with E-state index in [0.29, 0.717) is 36.5 Å². The standard InChI is InChI=1S/C14H10ClFO.C12H15N4.C3H8O.W/c15-13-3-1-2-12(14(13)16)8-10-4-6-11(9-17)7-5-10;1-8-5-9(3-4-10(8)6-13)12-15-7-11(14)16(12)2;1-2-3-4;/h1-7,9H,8H2;3-5,7,14H,6,13H2,1-2H3;4H,2-3H2,1H3;/q;-1;;. The molecule has 3 aromatic carbocycles. The molecule has 0 aliphatic carbocycles. The zero-order valence-corrected chi connectivity index (χ0v) is 25.4. The second-order valence-electron chi connectivity index (χ2n) is 8.34. The number of nitrogens with zero attached hydrogens (tertiary/aromatic N) is 2. The van der Waals surface area contributed by atoms with Crippen molar-refractivity contribution in [3.63, 3.8) is 0 Å². The molecule has 0 amide bonds. The molecule has 0 spiro atoms. The van der Waals surface area contributed by atoms with Gasteiger partial charge in [-0.3, -0.25) is 9.78 Å². The molecule has 1 heterocycles. The largest absolute Gasteiger partial charge is 0.481 e. The van der Waals surface area contributed by atoms with Gasteiger partial charge in [0.25, 0.3) is 0 Å². The van der Waals surface area contributed by atoms with Crippen LogP contribution in [-0.2, 0) is 41.1 Å². The third-order valence-corrected chi connectivity index (χ3v) is 5.87. The number of aryl methyl sites for hydroxylation is 1. The predicted octanol–water partition coefficient (Wildman–Crippen LogP) is 6.81. The Morgan fingerprint density at radius 2 is 1.79 bits per heavy atom. The summed E-state index contributed by atoms with van der Waals surface area (Å²) in [4.78, 5) is 14.7. The van der Waals surface area contributed by atoms with Crippen LogP contribution in [0.2, 0.25) is 5.02 Å². The molecule has 0 aliphatic heterocycles. The van der Waals surface area contributed by atoms with Gasteiger partial charge in [0.2, 0.25) is 0 Å². The summed E-state index contributed by atoms with van der Waals surface area (Å²) in [7, 11) is 1.84. The van der Waals surface area contributed by atoms with Crippen LogP contribution < -0.4 is 5.73 Å². The SMILES string of the molecule is CCCO.Cc1cc(-c2ncc([NH-])n2C)ccc1CN.O=Cc1ccc(Cc2cccc(Cl)c2F)cc1.[W]. The average Bonchev–Trinajstić information content (AvgIpc) is 3.25. The van der Waals surface area contributed by atoms with E-state index < -0.39 is 0 Å². The van der Waals surface area contributed by atoms with Crippen LogP contribution in [0.5, 0.6) is 0 Å². The van der Waals surface area contributed by atoms with Crippen LogP contribution in [0.15, 0.2) is 66.9 Å². The fourth-order valence-electron chi connectivity index (χ4n) is 3.36. The summed E-state index contributed by atoms with van der Waals surface area (Å²) in [5, 5.41) is 8.01. The van der Waals surface area contributed by atoms with Crippen molar-refractivity contribution in [3.05, 3.63) is 111 Å². The number of aliphatic hydroxyl groups is 1. The van der Waals surface area contributed by atoms with Gasteiger partial charge >= 0.3 is 0 Å². The normalized spacial score (nSPS) is 9.87. The van der Waals surface area contributed by atoms with E-state index in [1.54, 1.807) is 35.0 Å².